The second-order valence-corrected chi connectivity index (χ2v) is 4.14. The molecule has 0 amide bonds. The average molecular weight is 227 g/mol. The van der Waals surface area contributed by atoms with E-state index in [1.54, 1.807) is 0 Å². The van der Waals surface area contributed by atoms with Gasteiger partial charge in [0.1, 0.15) is 5.82 Å². The van der Waals surface area contributed by atoms with Crippen molar-refractivity contribution in [3.05, 3.63) is 26.9 Å². The highest BCUT2D eigenvalue weighted by Gasteiger charge is 2.20. The number of H-pyrrole nitrogens is 1. The Bertz CT molecular complexity index is 473. The van der Waals surface area contributed by atoms with E-state index in [0.717, 1.165) is 0 Å². The van der Waals surface area contributed by atoms with Crippen LogP contribution in [-0.4, -0.2) is 21.8 Å². The topological polar surface area (TPSA) is 90.1 Å². The van der Waals surface area contributed by atoms with E-state index in [4.69, 9.17) is 10.5 Å². The fourth-order valence-electron chi connectivity index (χ4n) is 1.52. The molecule has 0 saturated carbocycles. The predicted molar refractivity (Wildman–Crippen MR) is 61.4 cm³/mol. The molecular weight excluding hydrogens is 210 g/mol. The number of hydrogen-bond acceptors (Lipinski definition) is 4. The number of hydrogen-bond donors (Lipinski definition) is 2. The Morgan fingerprint density at radius 3 is 2.62 bits per heavy atom. The lowest BCUT2D eigenvalue weighted by Crippen LogP contribution is -2.39. The Morgan fingerprint density at radius 1 is 1.50 bits per heavy atom. The molecule has 0 aliphatic heterocycles. The van der Waals surface area contributed by atoms with Crippen molar-refractivity contribution >= 4 is 5.82 Å². The van der Waals surface area contributed by atoms with E-state index in [9.17, 15) is 9.59 Å². The van der Waals surface area contributed by atoms with Crippen LogP contribution in [0.3, 0.4) is 0 Å². The Morgan fingerprint density at radius 2 is 2.12 bits per heavy atom. The first kappa shape index (κ1) is 12.5. The van der Waals surface area contributed by atoms with Crippen molar-refractivity contribution in [3.63, 3.8) is 0 Å². The van der Waals surface area contributed by atoms with Crippen molar-refractivity contribution in [3.8, 4) is 0 Å². The van der Waals surface area contributed by atoms with Crippen LogP contribution in [0, 0.1) is 0 Å². The molecule has 0 spiro atoms. The van der Waals surface area contributed by atoms with Crippen LogP contribution in [0.5, 0.6) is 0 Å². The number of ether oxygens (including phenoxy) is 1. The maximum absolute atomic E-state index is 11.5. The molecule has 0 aliphatic carbocycles. The summed E-state index contributed by atoms with van der Waals surface area (Å²) in [5.41, 5.74) is 4.10. The second kappa shape index (κ2) is 4.52. The van der Waals surface area contributed by atoms with Crippen molar-refractivity contribution < 1.29 is 4.74 Å². The van der Waals surface area contributed by atoms with Crippen LogP contribution < -0.4 is 17.0 Å². The highest BCUT2D eigenvalue weighted by Crippen LogP contribution is 2.12. The largest absolute Gasteiger partial charge is 0.385 e. The van der Waals surface area contributed by atoms with Gasteiger partial charge in [-0.15, -0.1) is 0 Å². The van der Waals surface area contributed by atoms with Crippen molar-refractivity contribution in [2.75, 3.05) is 12.3 Å². The predicted octanol–water partition coefficient (Wildman–Crippen LogP) is -0.0661. The molecular formula is C10H17N3O3. The fourth-order valence-corrected chi connectivity index (χ4v) is 1.52. The number of aromatic amines is 1. The number of aromatic nitrogens is 2. The molecule has 1 aromatic heterocycles. The summed E-state index contributed by atoms with van der Waals surface area (Å²) in [7, 11) is 0. The first-order chi connectivity index (χ1) is 7.35. The minimum absolute atomic E-state index is 0.140. The SMILES string of the molecule is CCOC(C)(C)Cn1c(N)cc(=O)[nH]c1=O. The number of nitrogen functional groups attached to an aromatic ring is 1. The van der Waals surface area contributed by atoms with E-state index in [1.165, 1.54) is 10.6 Å². The highest BCUT2D eigenvalue weighted by molar-refractivity contribution is 5.26. The van der Waals surface area contributed by atoms with E-state index in [1.807, 2.05) is 20.8 Å². The van der Waals surface area contributed by atoms with Gasteiger partial charge in [-0.3, -0.25) is 14.3 Å². The molecule has 3 N–H and O–H groups in total. The van der Waals surface area contributed by atoms with Gasteiger partial charge in [-0.05, 0) is 20.8 Å². The summed E-state index contributed by atoms with van der Waals surface area (Å²) in [6.07, 6.45) is 0. The van der Waals surface area contributed by atoms with Crippen LogP contribution in [-0.2, 0) is 11.3 Å². The summed E-state index contributed by atoms with van der Waals surface area (Å²) in [6, 6.07) is 1.18. The van der Waals surface area contributed by atoms with Crippen molar-refractivity contribution in [1.82, 2.24) is 9.55 Å². The number of rotatable bonds is 4. The van der Waals surface area contributed by atoms with Crippen LogP contribution in [0.4, 0.5) is 5.82 Å². The lowest BCUT2D eigenvalue weighted by molar-refractivity contribution is -0.0228. The third-order valence-electron chi connectivity index (χ3n) is 2.14. The van der Waals surface area contributed by atoms with Crippen LogP contribution in [0.2, 0.25) is 0 Å². The van der Waals surface area contributed by atoms with Gasteiger partial charge in [0.25, 0.3) is 5.56 Å². The summed E-state index contributed by atoms with van der Waals surface area (Å²) in [5, 5.41) is 0. The van der Waals surface area contributed by atoms with Crippen molar-refractivity contribution in [2.24, 2.45) is 0 Å². The highest BCUT2D eigenvalue weighted by atomic mass is 16.5. The van der Waals surface area contributed by atoms with Crippen LogP contribution in [0.1, 0.15) is 20.8 Å². The lowest BCUT2D eigenvalue weighted by Gasteiger charge is -2.25. The standard InChI is InChI=1S/C10H17N3O3/c1-4-16-10(2,3)6-13-7(11)5-8(14)12-9(13)15/h5H,4,6,11H2,1-3H3,(H,12,14,15). The molecule has 16 heavy (non-hydrogen) atoms. The number of anilines is 1. The van der Waals surface area contributed by atoms with Gasteiger partial charge in [-0.2, -0.15) is 0 Å². The zero-order valence-electron chi connectivity index (χ0n) is 9.74. The second-order valence-electron chi connectivity index (χ2n) is 4.14. The first-order valence-electron chi connectivity index (χ1n) is 5.09. The van der Waals surface area contributed by atoms with Gasteiger partial charge in [-0.25, -0.2) is 4.79 Å². The van der Waals surface area contributed by atoms with E-state index >= 15 is 0 Å². The van der Waals surface area contributed by atoms with Crippen molar-refractivity contribution in [1.29, 1.82) is 0 Å². The van der Waals surface area contributed by atoms with Crippen LogP contribution in [0.15, 0.2) is 15.7 Å². The van der Waals surface area contributed by atoms with Gasteiger partial charge in [0, 0.05) is 12.7 Å². The zero-order valence-corrected chi connectivity index (χ0v) is 9.74. The van der Waals surface area contributed by atoms with Gasteiger partial charge >= 0.3 is 5.69 Å². The van der Waals surface area contributed by atoms with Gasteiger partial charge in [0.15, 0.2) is 0 Å². The summed E-state index contributed by atoms with van der Waals surface area (Å²) in [4.78, 5) is 24.6. The molecule has 0 unspecified atom stereocenters. The fraction of sp³-hybridized carbons (Fsp3) is 0.600. The molecule has 0 fully saturated rings. The quantitative estimate of drug-likeness (QED) is 0.753. The number of nitrogens with zero attached hydrogens (tertiary/aromatic N) is 1. The first-order valence-corrected chi connectivity index (χ1v) is 5.09. The molecule has 0 aromatic carbocycles. The molecule has 6 nitrogen and oxygen atoms in total. The Hall–Kier alpha value is -1.56. The molecule has 1 aromatic rings. The summed E-state index contributed by atoms with van der Waals surface area (Å²) in [6.45, 7) is 6.43. The molecule has 0 saturated heterocycles. The minimum atomic E-state index is -0.516. The van der Waals surface area contributed by atoms with E-state index in [2.05, 4.69) is 4.98 Å². The number of nitrogens with two attached hydrogens (primary N) is 1. The monoisotopic (exact) mass is 227 g/mol. The van der Waals surface area contributed by atoms with E-state index in [-0.39, 0.29) is 5.82 Å². The zero-order chi connectivity index (χ0) is 12.3. The van der Waals surface area contributed by atoms with Crippen LogP contribution in [0.25, 0.3) is 0 Å². The Kier molecular flexibility index (Phi) is 3.54. The van der Waals surface area contributed by atoms with Crippen molar-refractivity contribution in [2.45, 2.75) is 32.9 Å². The molecule has 0 aliphatic rings. The van der Waals surface area contributed by atoms with Gasteiger partial charge in [0.2, 0.25) is 0 Å². The molecule has 6 heteroatoms. The summed E-state index contributed by atoms with van der Waals surface area (Å²) < 4.78 is 6.75. The molecule has 0 bridgehead atoms. The molecule has 1 heterocycles. The third kappa shape index (κ3) is 2.96. The molecule has 0 atom stereocenters. The van der Waals surface area contributed by atoms with E-state index in [0.29, 0.717) is 13.2 Å². The average Bonchev–Trinajstić information content (AvgIpc) is 2.11. The minimum Gasteiger partial charge on any atom is -0.385 e. The summed E-state index contributed by atoms with van der Waals surface area (Å²) in [5.74, 6) is 0.140. The molecule has 90 valence electrons. The van der Waals surface area contributed by atoms with E-state index < -0.39 is 16.9 Å². The maximum atomic E-state index is 11.5. The van der Waals surface area contributed by atoms with Gasteiger partial charge in [-0.1, -0.05) is 0 Å². The lowest BCUT2D eigenvalue weighted by atomic mass is 10.1. The van der Waals surface area contributed by atoms with Gasteiger partial charge < -0.3 is 10.5 Å². The molecule has 0 radical (unpaired) electrons. The Labute approximate surface area is 93.0 Å². The molecule has 1 rings (SSSR count). The third-order valence-corrected chi connectivity index (χ3v) is 2.14. The van der Waals surface area contributed by atoms with Gasteiger partial charge in [0.05, 0.1) is 12.1 Å². The number of nitrogens with one attached hydrogen (secondary N) is 1. The smallest absolute Gasteiger partial charge is 0.329 e. The summed E-state index contributed by atoms with van der Waals surface area (Å²) >= 11 is 0. The Balaban J connectivity index is 3.07. The normalized spacial score (nSPS) is 11.7. The van der Waals surface area contributed by atoms with Crippen LogP contribution >= 0.6 is 0 Å². The maximum Gasteiger partial charge on any atom is 0.329 e.